The number of nitrogens with zero attached hydrogens (tertiary/aromatic N) is 2. The minimum absolute atomic E-state index is 0.0264. The Hall–Kier alpha value is -3.72. The number of imidazole rings is 1. The molecule has 0 saturated heterocycles. The maximum atomic E-state index is 12.3. The van der Waals surface area contributed by atoms with E-state index in [2.05, 4.69) is 30.9 Å². The summed E-state index contributed by atoms with van der Waals surface area (Å²) in [7, 11) is 1.45. The van der Waals surface area contributed by atoms with Crippen LogP contribution in [0.3, 0.4) is 0 Å². The third-order valence-electron chi connectivity index (χ3n) is 3.68. The Morgan fingerprint density at radius 3 is 2.07 bits per heavy atom. The number of pyridine rings is 1. The second-order valence-electron chi connectivity index (χ2n) is 5.52. The minimum atomic E-state index is -0.545. The van der Waals surface area contributed by atoms with Crippen LogP contribution >= 0.6 is 11.6 Å². The summed E-state index contributed by atoms with van der Waals surface area (Å²) in [4.78, 5) is 46.7. The van der Waals surface area contributed by atoms with Crippen molar-refractivity contribution >= 4 is 40.7 Å². The van der Waals surface area contributed by atoms with Crippen molar-refractivity contribution in [3.05, 3.63) is 71.0 Å². The number of carbonyl (C=O) groups is 3. The maximum Gasteiger partial charge on any atom is 0.276 e. The zero-order chi connectivity index (χ0) is 20.1. The highest BCUT2D eigenvalue weighted by Crippen LogP contribution is 2.18. The lowest BCUT2D eigenvalue weighted by molar-refractivity contribution is 0.0943. The van der Waals surface area contributed by atoms with Crippen LogP contribution in [-0.4, -0.2) is 39.7 Å². The second-order valence-corrected chi connectivity index (χ2v) is 5.93. The smallest absolute Gasteiger partial charge is 0.276 e. The van der Waals surface area contributed by atoms with Crippen molar-refractivity contribution in [2.24, 2.45) is 0 Å². The fourth-order valence-corrected chi connectivity index (χ4v) is 2.54. The molecule has 0 aliphatic carbocycles. The van der Waals surface area contributed by atoms with Gasteiger partial charge in [0.2, 0.25) is 0 Å². The molecule has 0 bridgehead atoms. The van der Waals surface area contributed by atoms with Crippen LogP contribution in [-0.2, 0) is 0 Å². The van der Waals surface area contributed by atoms with Gasteiger partial charge in [-0.3, -0.25) is 14.4 Å². The average Bonchev–Trinajstić information content (AvgIpc) is 3.19. The van der Waals surface area contributed by atoms with Crippen molar-refractivity contribution in [1.29, 1.82) is 0 Å². The number of rotatable bonds is 5. The molecule has 0 aliphatic rings. The first-order valence-electron chi connectivity index (χ1n) is 8.08. The van der Waals surface area contributed by atoms with Gasteiger partial charge in [-0.05, 0) is 36.4 Å². The first-order chi connectivity index (χ1) is 13.5. The van der Waals surface area contributed by atoms with Crippen molar-refractivity contribution in [2.45, 2.75) is 0 Å². The summed E-state index contributed by atoms with van der Waals surface area (Å²) < 4.78 is 0. The van der Waals surface area contributed by atoms with Crippen LogP contribution in [0.1, 0.15) is 31.5 Å². The molecule has 3 aromatic rings. The van der Waals surface area contributed by atoms with Gasteiger partial charge in [0, 0.05) is 24.6 Å². The van der Waals surface area contributed by atoms with Gasteiger partial charge in [0.15, 0.2) is 5.69 Å². The highest BCUT2D eigenvalue weighted by atomic mass is 35.5. The zero-order valence-electron chi connectivity index (χ0n) is 14.6. The third-order valence-corrected chi connectivity index (χ3v) is 3.99. The summed E-state index contributed by atoms with van der Waals surface area (Å²) in [5, 5.41) is 7.98. The molecule has 2 aromatic heterocycles. The Morgan fingerprint density at radius 1 is 0.893 bits per heavy atom. The fourth-order valence-electron chi connectivity index (χ4n) is 2.33. The molecule has 0 radical (unpaired) electrons. The van der Waals surface area contributed by atoms with Crippen LogP contribution in [0, 0.1) is 0 Å². The quantitative estimate of drug-likeness (QED) is 0.524. The number of carbonyl (C=O) groups excluding carboxylic acids is 3. The topological polar surface area (TPSA) is 129 Å². The molecule has 142 valence electrons. The number of amides is 3. The van der Waals surface area contributed by atoms with Crippen LogP contribution in [0.15, 0.2) is 48.9 Å². The fraction of sp³-hybridized carbons (Fsp3) is 0.0556. The van der Waals surface area contributed by atoms with Gasteiger partial charge in [0.1, 0.15) is 11.4 Å². The molecule has 9 nitrogen and oxygen atoms in total. The van der Waals surface area contributed by atoms with Crippen molar-refractivity contribution < 1.29 is 14.4 Å². The van der Waals surface area contributed by atoms with E-state index in [0.717, 1.165) is 0 Å². The first kappa shape index (κ1) is 19.1. The van der Waals surface area contributed by atoms with E-state index >= 15 is 0 Å². The van der Waals surface area contributed by atoms with E-state index in [0.29, 0.717) is 11.4 Å². The molecule has 0 spiro atoms. The van der Waals surface area contributed by atoms with Crippen molar-refractivity contribution in [3.8, 4) is 0 Å². The number of halogens is 1. The van der Waals surface area contributed by atoms with Gasteiger partial charge in [-0.1, -0.05) is 11.6 Å². The van der Waals surface area contributed by atoms with Crippen LogP contribution in [0.4, 0.5) is 11.4 Å². The Kier molecular flexibility index (Phi) is 5.66. The molecule has 0 unspecified atom stereocenters. The molecule has 10 heteroatoms. The maximum absolute atomic E-state index is 12.3. The summed E-state index contributed by atoms with van der Waals surface area (Å²) in [6, 6.07) is 9.61. The van der Waals surface area contributed by atoms with E-state index in [1.807, 2.05) is 0 Å². The number of H-pyrrole nitrogens is 1. The summed E-state index contributed by atoms with van der Waals surface area (Å²) >= 11 is 5.95. The number of nitrogens with one attached hydrogen (secondary N) is 4. The van der Waals surface area contributed by atoms with E-state index in [4.69, 9.17) is 11.6 Å². The molecule has 3 amide bonds. The van der Waals surface area contributed by atoms with Crippen molar-refractivity contribution in [1.82, 2.24) is 20.3 Å². The Morgan fingerprint density at radius 2 is 1.50 bits per heavy atom. The van der Waals surface area contributed by atoms with Gasteiger partial charge < -0.3 is 20.9 Å². The predicted molar refractivity (Wildman–Crippen MR) is 104 cm³/mol. The lowest BCUT2D eigenvalue weighted by Crippen LogP contribution is -2.23. The van der Waals surface area contributed by atoms with Crippen LogP contribution < -0.4 is 16.0 Å². The molecule has 28 heavy (non-hydrogen) atoms. The SMILES string of the molecule is CNC(=O)c1[nH]cnc1C(=O)Nc1ccc(NC(=O)c2ncccc2Cl)cc1. The molecule has 2 heterocycles. The van der Waals surface area contributed by atoms with Crippen molar-refractivity contribution in [3.63, 3.8) is 0 Å². The molecule has 0 saturated carbocycles. The third kappa shape index (κ3) is 4.15. The van der Waals surface area contributed by atoms with Crippen LogP contribution in [0.2, 0.25) is 5.02 Å². The average molecular weight is 399 g/mol. The molecular weight excluding hydrogens is 384 g/mol. The zero-order valence-corrected chi connectivity index (χ0v) is 15.4. The molecule has 1 aromatic carbocycles. The number of hydrogen-bond donors (Lipinski definition) is 4. The number of anilines is 2. The van der Waals surface area contributed by atoms with E-state index in [1.54, 1.807) is 36.4 Å². The number of hydrogen-bond acceptors (Lipinski definition) is 5. The van der Waals surface area contributed by atoms with Gasteiger partial charge in [0.25, 0.3) is 17.7 Å². The Labute approximate surface area is 164 Å². The number of benzene rings is 1. The van der Waals surface area contributed by atoms with E-state index in [9.17, 15) is 14.4 Å². The first-order valence-corrected chi connectivity index (χ1v) is 8.46. The standard InChI is InChI=1S/C18H15ClN6O3/c1-20-16(26)14-15(23-9-22-14)18(28)25-11-6-4-10(5-7-11)24-17(27)13-12(19)3-2-8-21-13/h2-9H,1H3,(H,20,26)(H,22,23)(H,24,27)(H,25,28). The van der Waals surface area contributed by atoms with Crippen LogP contribution in [0.5, 0.6) is 0 Å². The van der Waals surface area contributed by atoms with Gasteiger partial charge in [0.05, 0.1) is 11.3 Å². The second kappa shape index (κ2) is 8.31. The molecule has 0 atom stereocenters. The Bertz CT molecular complexity index is 1030. The monoisotopic (exact) mass is 398 g/mol. The lowest BCUT2D eigenvalue weighted by atomic mass is 10.2. The predicted octanol–water partition coefficient (Wildman–Crippen LogP) is 2.32. The van der Waals surface area contributed by atoms with Gasteiger partial charge in [-0.15, -0.1) is 0 Å². The lowest BCUT2D eigenvalue weighted by Gasteiger charge is -2.08. The summed E-state index contributed by atoms with van der Waals surface area (Å²) in [6.45, 7) is 0. The highest BCUT2D eigenvalue weighted by Gasteiger charge is 2.19. The molecular formula is C18H15ClN6O3. The Balaban J connectivity index is 1.67. The largest absolute Gasteiger partial charge is 0.354 e. The van der Waals surface area contributed by atoms with Gasteiger partial charge in [-0.25, -0.2) is 9.97 Å². The molecule has 0 fully saturated rings. The van der Waals surface area contributed by atoms with E-state index < -0.39 is 17.7 Å². The molecule has 0 aliphatic heterocycles. The van der Waals surface area contributed by atoms with Crippen LogP contribution in [0.25, 0.3) is 0 Å². The number of aromatic nitrogens is 3. The van der Waals surface area contributed by atoms with Gasteiger partial charge in [-0.2, -0.15) is 0 Å². The number of aromatic amines is 1. The highest BCUT2D eigenvalue weighted by molar-refractivity contribution is 6.34. The van der Waals surface area contributed by atoms with E-state index in [1.165, 1.54) is 19.6 Å². The summed E-state index contributed by atoms with van der Waals surface area (Å²) in [6.07, 6.45) is 2.74. The minimum Gasteiger partial charge on any atom is -0.354 e. The molecule has 4 N–H and O–H groups in total. The summed E-state index contributed by atoms with van der Waals surface area (Å²) in [5.41, 5.74) is 1.11. The van der Waals surface area contributed by atoms with Gasteiger partial charge >= 0.3 is 0 Å². The van der Waals surface area contributed by atoms with Crippen molar-refractivity contribution in [2.75, 3.05) is 17.7 Å². The summed E-state index contributed by atoms with van der Waals surface area (Å²) in [5.74, 6) is -1.44. The van der Waals surface area contributed by atoms with E-state index in [-0.39, 0.29) is 22.1 Å². The normalized spacial score (nSPS) is 10.2. The molecule has 3 rings (SSSR count).